The first-order chi connectivity index (χ1) is 9.16. The Balaban J connectivity index is 1.93. The molecule has 98 valence electrons. The molecule has 1 nitrogen and oxygen atoms in total. The van der Waals surface area contributed by atoms with Crippen molar-refractivity contribution in [3.63, 3.8) is 0 Å². The number of rotatable bonds is 2. The Bertz CT molecular complexity index is 615. The third-order valence-electron chi connectivity index (χ3n) is 3.50. The molecule has 0 aromatic heterocycles. The third kappa shape index (κ3) is 2.26. The van der Waals surface area contributed by atoms with Crippen molar-refractivity contribution < 1.29 is 8.78 Å². The Morgan fingerprint density at radius 1 is 1.11 bits per heavy atom. The smallest absolute Gasteiger partial charge is 0.159 e. The topological polar surface area (TPSA) is 26.0 Å². The van der Waals surface area contributed by atoms with E-state index in [1.807, 2.05) is 12.1 Å². The maximum atomic E-state index is 13.3. The summed E-state index contributed by atoms with van der Waals surface area (Å²) in [6.45, 7) is 0. The minimum Gasteiger partial charge on any atom is -0.323 e. The summed E-state index contributed by atoms with van der Waals surface area (Å²) in [6, 6.07) is 11.7. The van der Waals surface area contributed by atoms with Gasteiger partial charge in [-0.3, -0.25) is 0 Å². The number of halogens is 2. The zero-order valence-corrected chi connectivity index (χ0v) is 11.0. The van der Waals surface area contributed by atoms with E-state index in [1.165, 1.54) is 16.5 Å². The fourth-order valence-corrected chi connectivity index (χ4v) is 3.74. The molecule has 0 saturated heterocycles. The minimum absolute atomic E-state index is 0.145. The van der Waals surface area contributed by atoms with E-state index in [0.717, 1.165) is 11.8 Å². The molecule has 2 N–H and O–H groups in total. The summed E-state index contributed by atoms with van der Waals surface area (Å²) in [5.74, 6) is -0.658. The van der Waals surface area contributed by atoms with Gasteiger partial charge in [-0.2, -0.15) is 0 Å². The molecule has 0 amide bonds. The predicted octanol–water partition coefficient (Wildman–Crippen LogP) is 3.85. The molecule has 19 heavy (non-hydrogen) atoms. The molecule has 0 fully saturated rings. The standard InChI is InChI=1S/C15H13F2NS/c16-12-6-5-9(7-13(12)17)15(18)11-8-19-14-4-2-1-3-10(11)14/h1-7,11,15H,8,18H2. The first-order valence-corrected chi connectivity index (χ1v) is 7.07. The Hall–Kier alpha value is -1.39. The SMILES string of the molecule is NC(c1ccc(F)c(F)c1)C1CSc2ccccc21. The summed E-state index contributed by atoms with van der Waals surface area (Å²) in [4.78, 5) is 1.23. The van der Waals surface area contributed by atoms with E-state index >= 15 is 0 Å². The van der Waals surface area contributed by atoms with Crippen LogP contribution in [0.1, 0.15) is 23.1 Å². The summed E-state index contributed by atoms with van der Waals surface area (Å²) >= 11 is 1.76. The summed E-state index contributed by atoms with van der Waals surface area (Å²) < 4.78 is 26.2. The van der Waals surface area contributed by atoms with Crippen molar-refractivity contribution in [2.45, 2.75) is 16.9 Å². The van der Waals surface area contributed by atoms with E-state index in [2.05, 4.69) is 12.1 Å². The molecule has 0 aliphatic carbocycles. The Labute approximate surface area is 114 Å². The molecule has 2 aromatic carbocycles. The fourth-order valence-electron chi connectivity index (χ4n) is 2.44. The molecule has 2 atom stereocenters. The van der Waals surface area contributed by atoms with Crippen molar-refractivity contribution in [2.24, 2.45) is 5.73 Å². The van der Waals surface area contributed by atoms with Crippen LogP contribution < -0.4 is 5.73 Å². The number of benzene rings is 2. The van der Waals surface area contributed by atoms with Gasteiger partial charge in [-0.1, -0.05) is 24.3 Å². The van der Waals surface area contributed by atoms with Crippen molar-refractivity contribution in [2.75, 3.05) is 5.75 Å². The van der Waals surface area contributed by atoms with Gasteiger partial charge in [-0.15, -0.1) is 11.8 Å². The highest BCUT2D eigenvalue weighted by molar-refractivity contribution is 7.99. The zero-order chi connectivity index (χ0) is 13.4. The van der Waals surface area contributed by atoms with Gasteiger partial charge in [0.2, 0.25) is 0 Å². The van der Waals surface area contributed by atoms with Crippen molar-refractivity contribution in [3.05, 3.63) is 65.2 Å². The molecule has 2 unspecified atom stereocenters. The number of fused-ring (bicyclic) bond motifs is 1. The molecule has 1 aliphatic heterocycles. The van der Waals surface area contributed by atoms with Gasteiger partial charge in [0.15, 0.2) is 11.6 Å². The Morgan fingerprint density at radius 2 is 1.89 bits per heavy atom. The third-order valence-corrected chi connectivity index (χ3v) is 4.71. The second-order valence-corrected chi connectivity index (χ2v) is 5.72. The van der Waals surface area contributed by atoms with Crippen LogP contribution in [0.25, 0.3) is 0 Å². The van der Waals surface area contributed by atoms with E-state index in [9.17, 15) is 8.78 Å². The maximum absolute atomic E-state index is 13.3. The molecule has 0 bridgehead atoms. The van der Waals surface area contributed by atoms with Gasteiger partial charge in [0.25, 0.3) is 0 Å². The van der Waals surface area contributed by atoms with Crippen LogP contribution >= 0.6 is 11.8 Å². The van der Waals surface area contributed by atoms with Gasteiger partial charge in [-0.05, 0) is 29.3 Å². The second-order valence-electron chi connectivity index (χ2n) is 4.65. The molecule has 4 heteroatoms. The second kappa shape index (κ2) is 4.94. The summed E-state index contributed by atoms with van der Waals surface area (Å²) in [7, 11) is 0. The van der Waals surface area contributed by atoms with Gasteiger partial charge >= 0.3 is 0 Å². The molecular weight excluding hydrogens is 264 g/mol. The van der Waals surface area contributed by atoms with Gasteiger partial charge < -0.3 is 5.73 Å². The molecule has 3 rings (SSSR count). The normalized spacial score (nSPS) is 19.2. The number of hydrogen-bond acceptors (Lipinski definition) is 2. The van der Waals surface area contributed by atoms with E-state index in [-0.39, 0.29) is 12.0 Å². The monoisotopic (exact) mass is 277 g/mol. The van der Waals surface area contributed by atoms with Crippen LogP contribution in [0.15, 0.2) is 47.4 Å². The van der Waals surface area contributed by atoms with E-state index in [4.69, 9.17) is 5.73 Å². The van der Waals surface area contributed by atoms with Crippen LogP contribution in [0.4, 0.5) is 8.78 Å². The summed E-state index contributed by atoms with van der Waals surface area (Å²) in [5.41, 5.74) is 8.07. The van der Waals surface area contributed by atoms with Gasteiger partial charge in [-0.25, -0.2) is 8.78 Å². The van der Waals surface area contributed by atoms with Gasteiger partial charge in [0.1, 0.15) is 0 Å². The van der Waals surface area contributed by atoms with Crippen molar-refractivity contribution in [1.82, 2.24) is 0 Å². The molecule has 0 saturated carbocycles. The molecule has 0 radical (unpaired) electrons. The van der Waals surface area contributed by atoms with E-state index in [0.29, 0.717) is 5.56 Å². The lowest BCUT2D eigenvalue weighted by Crippen LogP contribution is -2.20. The van der Waals surface area contributed by atoms with Crippen molar-refractivity contribution in [3.8, 4) is 0 Å². The van der Waals surface area contributed by atoms with Crippen molar-refractivity contribution in [1.29, 1.82) is 0 Å². The van der Waals surface area contributed by atoms with Crippen LogP contribution in [-0.2, 0) is 0 Å². The number of hydrogen-bond donors (Lipinski definition) is 1. The minimum atomic E-state index is -0.841. The van der Waals surface area contributed by atoms with Crippen LogP contribution in [0.2, 0.25) is 0 Å². The maximum Gasteiger partial charge on any atom is 0.159 e. The van der Waals surface area contributed by atoms with Crippen LogP contribution in [-0.4, -0.2) is 5.75 Å². The molecule has 2 aromatic rings. The Kier molecular flexibility index (Phi) is 3.29. The average molecular weight is 277 g/mol. The largest absolute Gasteiger partial charge is 0.323 e. The van der Waals surface area contributed by atoms with Crippen molar-refractivity contribution >= 4 is 11.8 Å². The molecule has 1 aliphatic rings. The predicted molar refractivity (Wildman–Crippen MR) is 73.2 cm³/mol. The lowest BCUT2D eigenvalue weighted by Gasteiger charge is -2.20. The van der Waals surface area contributed by atoms with Crippen LogP contribution in [0, 0.1) is 11.6 Å². The van der Waals surface area contributed by atoms with Crippen LogP contribution in [0.3, 0.4) is 0 Å². The molecular formula is C15H13F2NS. The lowest BCUT2D eigenvalue weighted by atomic mass is 9.89. The highest BCUT2D eigenvalue weighted by Crippen LogP contribution is 2.44. The summed E-state index contributed by atoms with van der Waals surface area (Å²) in [5, 5.41) is 0. The van der Waals surface area contributed by atoms with E-state index < -0.39 is 11.6 Å². The number of thioether (sulfide) groups is 1. The zero-order valence-electron chi connectivity index (χ0n) is 10.1. The van der Waals surface area contributed by atoms with Gasteiger partial charge in [0.05, 0.1) is 0 Å². The first kappa shape index (κ1) is 12.6. The Morgan fingerprint density at radius 3 is 2.68 bits per heavy atom. The molecule has 0 spiro atoms. The van der Waals surface area contributed by atoms with Crippen LogP contribution in [0.5, 0.6) is 0 Å². The quantitative estimate of drug-likeness (QED) is 0.902. The lowest BCUT2D eigenvalue weighted by molar-refractivity contribution is 0.502. The first-order valence-electron chi connectivity index (χ1n) is 6.09. The average Bonchev–Trinajstić information content (AvgIpc) is 2.85. The highest BCUT2D eigenvalue weighted by atomic mass is 32.2. The highest BCUT2D eigenvalue weighted by Gasteiger charge is 2.29. The number of nitrogens with two attached hydrogens (primary N) is 1. The molecule has 1 heterocycles. The summed E-state index contributed by atoms with van der Waals surface area (Å²) in [6.07, 6.45) is 0. The fraction of sp³-hybridized carbons (Fsp3) is 0.200. The van der Waals surface area contributed by atoms with E-state index in [1.54, 1.807) is 17.8 Å². The van der Waals surface area contributed by atoms with Gasteiger partial charge in [0, 0.05) is 22.6 Å².